The van der Waals surface area contributed by atoms with E-state index in [1.54, 1.807) is 27.7 Å². The van der Waals surface area contributed by atoms with Gasteiger partial charge in [0, 0.05) is 11.8 Å². The molecule has 1 rings (SSSR count). The maximum atomic E-state index is 12.8. The monoisotopic (exact) mass is 418 g/mol. The first-order valence-corrected chi connectivity index (χ1v) is 10.4. The van der Waals surface area contributed by atoms with Gasteiger partial charge in [-0.1, -0.05) is 11.6 Å². The zero-order chi connectivity index (χ0) is 21.2. The molecule has 0 aliphatic carbocycles. The molecule has 0 heterocycles. The second-order valence-corrected chi connectivity index (χ2v) is 9.26. The molecule has 27 heavy (non-hydrogen) atoms. The maximum absolute atomic E-state index is 12.8. The highest BCUT2D eigenvalue weighted by Gasteiger charge is 2.37. The standard InChI is InChI=1S/C18H23ClO7S/c1-7-25-16-12(27(6,23)24)9-8-11(14(16)19)15(21)13(10(2)20)17(22)26-18(3,4)5/h8-9,13H,7H2,1-6H3. The fourth-order valence-electron chi connectivity index (χ4n) is 2.27. The summed E-state index contributed by atoms with van der Waals surface area (Å²) in [7, 11) is -3.68. The van der Waals surface area contributed by atoms with Crippen LogP contribution in [0.5, 0.6) is 5.75 Å². The molecule has 0 aromatic heterocycles. The Bertz CT molecular complexity index is 866. The molecule has 0 radical (unpaired) electrons. The topological polar surface area (TPSA) is 104 Å². The van der Waals surface area contributed by atoms with E-state index in [2.05, 4.69) is 0 Å². The number of ether oxygens (including phenoxy) is 2. The maximum Gasteiger partial charge on any atom is 0.325 e. The van der Waals surface area contributed by atoms with Crippen molar-refractivity contribution in [3.8, 4) is 5.75 Å². The van der Waals surface area contributed by atoms with Gasteiger partial charge in [-0.05, 0) is 46.8 Å². The molecule has 1 aromatic rings. The molecule has 0 fully saturated rings. The minimum absolute atomic E-state index is 0.0993. The smallest absolute Gasteiger partial charge is 0.325 e. The Morgan fingerprint density at radius 3 is 2.15 bits per heavy atom. The first-order valence-electron chi connectivity index (χ1n) is 8.13. The van der Waals surface area contributed by atoms with E-state index in [-0.39, 0.29) is 27.8 Å². The lowest BCUT2D eigenvalue weighted by Gasteiger charge is -2.23. The SMILES string of the molecule is CCOc1c(S(C)(=O)=O)ccc(C(=O)C(C(C)=O)C(=O)OC(C)(C)C)c1Cl. The second kappa shape index (κ2) is 8.39. The third-order valence-electron chi connectivity index (χ3n) is 3.33. The highest BCUT2D eigenvalue weighted by atomic mass is 35.5. The quantitative estimate of drug-likeness (QED) is 0.381. The van der Waals surface area contributed by atoms with Crippen LogP contribution in [0.1, 0.15) is 45.0 Å². The van der Waals surface area contributed by atoms with Gasteiger partial charge >= 0.3 is 5.97 Å². The average molecular weight is 419 g/mol. The van der Waals surface area contributed by atoms with E-state index in [9.17, 15) is 22.8 Å². The number of esters is 1. The van der Waals surface area contributed by atoms with Crippen LogP contribution in [0, 0.1) is 5.92 Å². The molecule has 1 aromatic carbocycles. The van der Waals surface area contributed by atoms with Gasteiger partial charge in [0.25, 0.3) is 0 Å². The first kappa shape index (κ1) is 23.1. The van der Waals surface area contributed by atoms with Crippen LogP contribution < -0.4 is 4.74 Å². The van der Waals surface area contributed by atoms with Gasteiger partial charge in [0.05, 0.1) is 11.6 Å². The molecule has 0 N–H and O–H groups in total. The summed E-state index contributed by atoms with van der Waals surface area (Å²) >= 11 is 6.21. The predicted molar refractivity (Wildman–Crippen MR) is 100 cm³/mol. The second-order valence-electron chi connectivity index (χ2n) is 6.90. The molecule has 1 unspecified atom stereocenters. The first-order chi connectivity index (χ1) is 12.2. The van der Waals surface area contributed by atoms with Gasteiger partial charge in [-0.25, -0.2) is 8.42 Å². The summed E-state index contributed by atoms with van der Waals surface area (Å²) in [6.07, 6.45) is 0.974. The van der Waals surface area contributed by atoms with E-state index in [1.165, 1.54) is 0 Å². The van der Waals surface area contributed by atoms with Crippen molar-refractivity contribution >= 4 is 39.0 Å². The van der Waals surface area contributed by atoms with Crippen molar-refractivity contribution in [1.82, 2.24) is 0 Å². The number of carbonyl (C=O) groups excluding carboxylic acids is 3. The third kappa shape index (κ3) is 5.77. The third-order valence-corrected chi connectivity index (χ3v) is 4.82. The molecule has 0 amide bonds. The highest BCUT2D eigenvalue weighted by Crippen LogP contribution is 2.36. The molecule has 0 aliphatic heterocycles. The minimum Gasteiger partial charge on any atom is -0.491 e. The van der Waals surface area contributed by atoms with E-state index >= 15 is 0 Å². The number of hydrogen-bond donors (Lipinski definition) is 0. The summed E-state index contributed by atoms with van der Waals surface area (Å²) in [4.78, 5) is 36.9. The Morgan fingerprint density at radius 2 is 1.74 bits per heavy atom. The van der Waals surface area contributed by atoms with Crippen LogP contribution in [0.3, 0.4) is 0 Å². The number of hydrogen-bond acceptors (Lipinski definition) is 7. The molecular formula is C18H23ClO7S. The number of Topliss-reactive ketones (excluding diaryl/α,β-unsaturated/α-hetero) is 2. The lowest BCUT2D eigenvalue weighted by atomic mass is 9.94. The fourth-order valence-corrected chi connectivity index (χ4v) is 3.45. The van der Waals surface area contributed by atoms with Crippen LogP contribution in [-0.4, -0.2) is 44.4 Å². The van der Waals surface area contributed by atoms with Gasteiger partial charge in [0.2, 0.25) is 0 Å². The summed E-state index contributed by atoms with van der Waals surface area (Å²) in [6, 6.07) is 2.32. The van der Waals surface area contributed by atoms with E-state index in [4.69, 9.17) is 21.1 Å². The van der Waals surface area contributed by atoms with Crippen LogP contribution >= 0.6 is 11.6 Å². The summed E-state index contributed by atoms with van der Waals surface area (Å²) in [5.74, 6) is -4.50. The molecule has 0 spiro atoms. The number of ketones is 2. The minimum atomic E-state index is -3.68. The van der Waals surface area contributed by atoms with E-state index < -0.39 is 38.9 Å². The molecular weight excluding hydrogens is 396 g/mol. The summed E-state index contributed by atoms with van der Waals surface area (Å²) in [5.41, 5.74) is -1.09. The molecule has 0 saturated heterocycles. The van der Waals surface area contributed by atoms with Crippen LogP contribution in [0.15, 0.2) is 17.0 Å². The summed E-state index contributed by atoms with van der Waals surface area (Å²) < 4.78 is 34.3. The van der Waals surface area contributed by atoms with Crippen LogP contribution in [-0.2, 0) is 24.2 Å². The van der Waals surface area contributed by atoms with Gasteiger partial charge in [0.1, 0.15) is 10.5 Å². The largest absolute Gasteiger partial charge is 0.491 e. The van der Waals surface area contributed by atoms with Crippen molar-refractivity contribution in [3.05, 3.63) is 22.7 Å². The normalized spacial score (nSPS) is 13.0. The zero-order valence-electron chi connectivity index (χ0n) is 16.1. The summed E-state index contributed by atoms with van der Waals surface area (Å²) in [6.45, 7) is 7.63. The fraction of sp³-hybridized carbons (Fsp3) is 0.500. The van der Waals surface area contributed by atoms with Crippen molar-refractivity contribution < 1.29 is 32.3 Å². The van der Waals surface area contributed by atoms with Crippen molar-refractivity contribution in [1.29, 1.82) is 0 Å². The molecule has 0 aliphatic rings. The molecule has 150 valence electrons. The molecule has 9 heteroatoms. The van der Waals surface area contributed by atoms with Crippen LogP contribution in [0.2, 0.25) is 5.02 Å². The van der Waals surface area contributed by atoms with Gasteiger partial charge in [-0.3, -0.25) is 14.4 Å². The Kier molecular flexibility index (Phi) is 7.18. The molecule has 0 bridgehead atoms. The van der Waals surface area contributed by atoms with Gasteiger partial charge in [-0.15, -0.1) is 0 Å². The number of sulfone groups is 1. The zero-order valence-corrected chi connectivity index (χ0v) is 17.7. The number of rotatable bonds is 7. The number of carbonyl (C=O) groups is 3. The Morgan fingerprint density at radius 1 is 1.19 bits per heavy atom. The molecule has 7 nitrogen and oxygen atoms in total. The van der Waals surface area contributed by atoms with Gasteiger partial charge in [0.15, 0.2) is 33.1 Å². The van der Waals surface area contributed by atoms with Crippen molar-refractivity contribution in [2.75, 3.05) is 12.9 Å². The Hall–Kier alpha value is -1.93. The Labute approximate surface area is 163 Å². The average Bonchev–Trinajstić information content (AvgIpc) is 2.45. The van der Waals surface area contributed by atoms with Crippen molar-refractivity contribution in [2.24, 2.45) is 5.92 Å². The van der Waals surface area contributed by atoms with Gasteiger partial charge in [-0.2, -0.15) is 0 Å². The van der Waals surface area contributed by atoms with Crippen LogP contribution in [0.25, 0.3) is 0 Å². The highest BCUT2D eigenvalue weighted by molar-refractivity contribution is 7.90. The predicted octanol–water partition coefficient (Wildman–Crippen LogP) is 2.87. The summed E-state index contributed by atoms with van der Waals surface area (Å²) in [5, 5.41) is -0.278. The van der Waals surface area contributed by atoms with Crippen LogP contribution in [0.4, 0.5) is 0 Å². The number of halogens is 1. The van der Waals surface area contributed by atoms with Crippen molar-refractivity contribution in [2.45, 2.75) is 45.1 Å². The lowest BCUT2D eigenvalue weighted by molar-refractivity contribution is -0.159. The van der Waals surface area contributed by atoms with E-state index in [0.29, 0.717) is 0 Å². The van der Waals surface area contributed by atoms with Gasteiger partial charge < -0.3 is 9.47 Å². The lowest BCUT2D eigenvalue weighted by Crippen LogP contribution is -2.36. The van der Waals surface area contributed by atoms with E-state index in [1.807, 2.05) is 0 Å². The molecule has 1 atom stereocenters. The Balaban J connectivity index is 3.50. The molecule has 0 saturated carbocycles. The van der Waals surface area contributed by atoms with E-state index in [0.717, 1.165) is 25.3 Å². The van der Waals surface area contributed by atoms with Crippen molar-refractivity contribution in [3.63, 3.8) is 0 Å². The number of benzene rings is 1.